The van der Waals surface area contributed by atoms with E-state index < -0.39 is 0 Å². The Morgan fingerprint density at radius 3 is 2.81 bits per heavy atom. The second-order valence-electron chi connectivity index (χ2n) is 7.68. The van der Waals surface area contributed by atoms with Crippen molar-refractivity contribution < 1.29 is 18.7 Å². The second kappa shape index (κ2) is 8.69. The molecule has 0 spiro atoms. The zero-order chi connectivity index (χ0) is 21.0. The molecule has 8 nitrogen and oxygen atoms in total. The Kier molecular flexibility index (Phi) is 5.45. The van der Waals surface area contributed by atoms with Gasteiger partial charge < -0.3 is 24.1 Å². The Hall–Kier alpha value is -3.52. The first-order valence-electron chi connectivity index (χ1n) is 10.4. The molecule has 1 aromatic carbocycles. The first-order chi connectivity index (χ1) is 15.2. The van der Waals surface area contributed by atoms with Crippen LogP contribution in [0.2, 0.25) is 0 Å². The minimum Gasteiger partial charge on any atom is -0.472 e. The number of nitrogens with one attached hydrogen (secondary N) is 1. The molecule has 0 atom stereocenters. The number of hydrogen-bond acceptors (Lipinski definition) is 7. The van der Waals surface area contributed by atoms with E-state index in [2.05, 4.69) is 20.1 Å². The van der Waals surface area contributed by atoms with E-state index in [1.165, 1.54) is 5.56 Å². The van der Waals surface area contributed by atoms with Crippen molar-refractivity contribution in [1.82, 2.24) is 9.88 Å². The Bertz CT molecular complexity index is 1040. The third-order valence-corrected chi connectivity index (χ3v) is 5.54. The lowest BCUT2D eigenvalue weighted by Gasteiger charge is -2.22. The molecule has 2 aromatic heterocycles. The predicted molar refractivity (Wildman–Crippen MR) is 116 cm³/mol. The number of nitrogens with zero attached hydrogens (tertiary/aromatic N) is 3. The smallest absolute Gasteiger partial charge is 0.255 e. The molecule has 0 unspecified atom stereocenters. The fourth-order valence-corrected chi connectivity index (χ4v) is 3.89. The van der Waals surface area contributed by atoms with E-state index in [0.29, 0.717) is 22.7 Å². The van der Waals surface area contributed by atoms with Crippen molar-refractivity contribution in [1.29, 1.82) is 0 Å². The summed E-state index contributed by atoms with van der Waals surface area (Å²) in [6.07, 6.45) is 6.30. The average Bonchev–Trinajstić information content (AvgIpc) is 3.42. The molecular weight excluding hydrogens is 396 g/mol. The maximum absolute atomic E-state index is 12.6. The summed E-state index contributed by atoms with van der Waals surface area (Å²) in [5.74, 6) is 1.95. The van der Waals surface area contributed by atoms with Gasteiger partial charge in [0.15, 0.2) is 11.5 Å². The van der Waals surface area contributed by atoms with Crippen LogP contribution in [0.25, 0.3) is 0 Å². The number of hydrogen-bond donors (Lipinski definition) is 1. The lowest BCUT2D eigenvalue weighted by molar-refractivity contribution is 0.102. The lowest BCUT2D eigenvalue weighted by atomic mass is 10.2. The third kappa shape index (κ3) is 4.49. The minimum absolute atomic E-state index is 0.184. The van der Waals surface area contributed by atoms with E-state index in [1.54, 1.807) is 36.9 Å². The number of ether oxygens (including phenoxy) is 2. The van der Waals surface area contributed by atoms with Gasteiger partial charge in [0.1, 0.15) is 5.82 Å². The highest BCUT2D eigenvalue weighted by Crippen LogP contribution is 2.32. The van der Waals surface area contributed by atoms with Crippen LogP contribution in [0.3, 0.4) is 0 Å². The molecule has 0 bridgehead atoms. The van der Waals surface area contributed by atoms with Gasteiger partial charge in [-0.3, -0.25) is 9.69 Å². The van der Waals surface area contributed by atoms with Crippen LogP contribution < -0.4 is 19.7 Å². The normalized spacial score (nSPS) is 16.2. The number of fused-ring (bicyclic) bond motifs is 1. The van der Waals surface area contributed by atoms with Crippen molar-refractivity contribution in [2.75, 3.05) is 43.2 Å². The van der Waals surface area contributed by atoms with Crippen LogP contribution in [0.4, 0.5) is 11.5 Å². The fraction of sp³-hybridized carbons (Fsp3) is 0.304. The SMILES string of the molecule is O=C(Nc1ccc(N2CCCN(Cc3ccoc3)CC2)nc1)c1ccc2c(c1)OCO2. The highest BCUT2D eigenvalue weighted by Gasteiger charge is 2.18. The van der Waals surface area contributed by atoms with Crippen molar-refractivity contribution in [3.63, 3.8) is 0 Å². The number of anilines is 2. The summed E-state index contributed by atoms with van der Waals surface area (Å²) < 4.78 is 15.8. The number of carbonyl (C=O) groups is 1. The number of benzene rings is 1. The third-order valence-electron chi connectivity index (χ3n) is 5.54. The second-order valence-corrected chi connectivity index (χ2v) is 7.68. The first kappa shape index (κ1) is 19.4. The molecule has 3 aromatic rings. The summed E-state index contributed by atoms with van der Waals surface area (Å²) >= 11 is 0. The van der Waals surface area contributed by atoms with E-state index in [1.807, 2.05) is 18.2 Å². The van der Waals surface area contributed by atoms with Gasteiger partial charge in [-0.25, -0.2) is 4.98 Å². The molecule has 8 heteroatoms. The Balaban J connectivity index is 1.18. The van der Waals surface area contributed by atoms with Crippen LogP contribution in [0.15, 0.2) is 59.5 Å². The highest BCUT2D eigenvalue weighted by molar-refractivity contribution is 6.04. The van der Waals surface area contributed by atoms with Gasteiger partial charge in [-0.2, -0.15) is 0 Å². The molecule has 1 N–H and O–H groups in total. The lowest BCUT2D eigenvalue weighted by Crippen LogP contribution is -2.30. The van der Waals surface area contributed by atoms with Gasteiger partial charge in [-0.1, -0.05) is 0 Å². The summed E-state index contributed by atoms with van der Waals surface area (Å²) in [4.78, 5) is 21.9. The van der Waals surface area contributed by atoms with Crippen molar-refractivity contribution in [3.05, 3.63) is 66.2 Å². The monoisotopic (exact) mass is 420 g/mol. The molecule has 0 radical (unpaired) electrons. The van der Waals surface area contributed by atoms with Gasteiger partial charge in [-0.05, 0) is 42.8 Å². The Morgan fingerprint density at radius 1 is 1.03 bits per heavy atom. The van der Waals surface area contributed by atoms with Crippen molar-refractivity contribution >= 4 is 17.4 Å². The summed E-state index contributed by atoms with van der Waals surface area (Å²) in [6.45, 7) is 4.97. The largest absolute Gasteiger partial charge is 0.472 e. The van der Waals surface area contributed by atoms with Gasteiger partial charge in [0.25, 0.3) is 5.91 Å². The van der Waals surface area contributed by atoms with Gasteiger partial charge in [0.05, 0.1) is 24.4 Å². The minimum atomic E-state index is -0.211. The summed E-state index contributed by atoms with van der Waals surface area (Å²) in [5, 5.41) is 2.89. The van der Waals surface area contributed by atoms with Gasteiger partial charge in [0.2, 0.25) is 6.79 Å². The molecule has 4 heterocycles. The van der Waals surface area contributed by atoms with Crippen LogP contribution in [0, 0.1) is 0 Å². The van der Waals surface area contributed by atoms with E-state index in [9.17, 15) is 4.79 Å². The number of aromatic nitrogens is 1. The Morgan fingerprint density at radius 2 is 1.97 bits per heavy atom. The molecular formula is C23H24N4O4. The van der Waals surface area contributed by atoms with Gasteiger partial charge >= 0.3 is 0 Å². The summed E-state index contributed by atoms with van der Waals surface area (Å²) in [7, 11) is 0. The fourth-order valence-electron chi connectivity index (χ4n) is 3.89. The van der Waals surface area contributed by atoms with Crippen LogP contribution >= 0.6 is 0 Å². The average molecular weight is 420 g/mol. The number of furan rings is 1. The molecule has 31 heavy (non-hydrogen) atoms. The molecule has 1 saturated heterocycles. The number of carbonyl (C=O) groups excluding carboxylic acids is 1. The van der Waals surface area contributed by atoms with Gasteiger partial charge in [-0.15, -0.1) is 0 Å². The van der Waals surface area contributed by atoms with Crippen LogP contribution in [-0.4, -0.2) is 48.8 Å². The number of rotatable bonds is 5. The molecule has 0 aliphatic carbocycles. The topological polar surface area (TPSA) is 80.1 Å². The summed E-state index contributed by atoms with van der Waals surface area (Å²) in [5.41, 5.74) is 2.37. The quantitative estimate of drug-likeness (QED) is 0.678. The van der Waals surface area contributed by atoms with Gasteiger partial charge in [0, 0.05) is 43.9 Å². The molecule has 2 aliphatic heterocycles. The van der Waals surface area contributed by atoms with Crippen LogP contribution in [0.1, 0.15) is 22.3 Å². The molecule has 1 fully saturated rings. The van der Waals surface area contributed by atoms with Crippen LogP contribution in [0.5, 0.6) is 11.5 Å². The van der Waals surface area contributed by atoms with Crippen molar-refractivity contribution in [3.8, 4) is 11.5 Å². The zero-order valence-corrected chi connectivity index (χ0v) is 17.1. The number of amides is 1. The maximum Gasteiger partial charge on any atom is 0.255 e. The standard InChI is InChI=1S/C23H24N4O4/c28-23(18-2-4-20-21(12-18)31-16-30-20)25-19-3-5-22(24-13-19)27-8-1-7-26(9-10-27)14-17-6-11-29-15-17/h2-6,11-13,15H,1,7-10,14,16H2,(H,25,28). The van der Waals surface area contributed by atoms with E-state index in [4.69, 9.17) is 13.9 Å². The predicted octanol–water partition coefficient (Wildman–Crippen LogP) is 3.37. The maximum atomic E-state index is 12.6. The molecule has 160 valence electrons. The molecule has 2 aliphatic rings. The Labute approximate surface area is 180 Å². The van der Waals surface area contributed by atoms with Crippen LogP contribution in [-0.2, 0) is 6.54 Å². The van der Waals surface area contributed by atoms with Crippen molar-refractivity contribution in [2.24, 2.45) is 0 Å². The van der Waals surface area contributed by atoms with E-state index >= 15 is 0 Å². The number of pyridine rings is 1. The molecule has 5 rings (SSSR count). The summed E-state index contributed by atoms with van der Waals surface area (Å²) in [6, 6.07) is 11.0. The first-order valence-corrected chi connectivity index (χ1v) is 10.4. The molecule has 1 amide bonds. The van der Waals surface area contributed by atoms with E-state index in [-0.39, 0.29) is 12.7 Å². The zero-order valence-electron chi connectivity index (χ0n) is 17.1. The molecule has 0 saturated carbocycles. The highest BCUT2D eigenvalue weighted by atomic mass is 16.7. The van der Waals surface area contributed by atoms with E-state index in [0.717, 1.165) is 45.0 Å². The van der Waals surface area contributed by atoms with Crippen molar-refractivity contribution in [2.45, 2.75) is 13.0 Å².